The van der Waals surface area contributed by atoms with Crippen molar-refractivity contribution in [2.24, 2.45) is 5.18 Å². The molecule has 0 heterocycles. The zero-order valence-corrected chi connectivity index (χ0v) is 16.1. The van der Waals surface area contributed by atoms with Gasteiger partial charge in [-0.15, -0.1) is 4.91 Å². The number of rotatable bonds is 10. The van der Waals surface area contributed by atoms with E-state index in [1.54, 1.807) is 70.1 Å². The summed E-state index contributed by atoms with van der Waals surface area (Å²) in [7, 11) is 3.11. The number of amides is 2. The van der Waals surface area contributed by atoms with Crippen molar-refractivity contribution in [1.82, 2.24) is 0 Å². The first-order valence-corrected chi connectivity index (χ1v) is 10.7. The average molecular weight is 405 g/mol. The van der Waals surface area contributed by atoms with E-state index in [1.807, 2.05) is 0 Å². The number of nitroso groups, excluding NO2 is 1. The number of hydrogen-bond acceptors (Lipinski definition) is 7. The fraction of sp³-hybridized carbons (Fsp3) is 0.222. The zero-order valence-electron chi connectivity index (χ0n) is 14.5. The first-order chi connectivity index (χ1) is 13.1. The van der Waals surface area contributed by atoms with E-state index < -0.39 is 0 Å². The molecule has 0 radical (unpaired) electrons. The largest absolute Gasteiger partial charge is 0.399 e. The second kappa shape index (κ2) is 11.2. The van der Waals surface area contributed by atoms with Crippen LogP contribution in [-0.2, 0) is 9.59 Å². The van der Waals surface area contributed by atoms with Gasteiger partial charge in [-0.1, -0.05) is 21.6 Å². The van der Waals surface area contributed by atoms with Crippen LogP contribution in [0.4, 0.5) is 22.7 Å². The molecule has 7 nitrogen and oxygen atoms in total. The molecule has 0 atom stereocenters. The van der Waals surface area contributed by atoms with Gasteiger partial charge in [-0.05, 0) is 53.7 Å². The van der Waals surface area contributed by atoms with Crippen LogP contribution < -0.4 is 16.4 Å². The molecule has 27 heavy (non-hydrogen) atoms. The quantitative estimate of drug-likeness (QED) is 0.234. The van der Waals surface area contributed by atoms with Crippen LogP contribution in [0.1, 0.15) is 12.8 Å². The Kier molecular flexibility index (Phi) is 8.66. The van der Waals surface area contributed by atoms with E-state index >= 15 is 0 Å². The van der Waals surface area contributed by atoms with Crippen molar-refractivity contribution in [2.45, 2.75) is 12.8 Å². The molecule has 9 heteroatoms. The van der Waals surface area contributed by atoms with Crippen LogP contribution in [0, 0.1) is 4.91 Å². The van der Waals surface area contributed by atoms with Crippen molar-refractivity contribution in [3.8, 4) is 0 Å². The molecule has 0 aliphatic carbocycles. The SMILES string of the molecule is Nc1ccc(NC(=O)CCSSCCC(=O)Nc2ccc(N=O)cc2)cc1. The Hall–Kier alpha value is -2.52. The molecule has 0 saturated carbocycles. The Morgan fingerprint density at radius 1 is 0.815 bits per heavy atom. The minimum atomic E-state index is -0.101. The molecule has 4 N–H and O–H groups in total. The van der Waals surface area contributed by atoms with Crippen molar-refractivity contribution >= 4 is 56.2 Å². The summed E-state index contributed by atoms with van der Waals surface area (Å²) in [5.41, 5.74) is 7.92. The van der Waals surface area contributed by atoms with Gasteiger partial charge in [-0.2, -0.15) is 0 Å². The Morgan fingerprint density at radius 2 is 1.26 bits per heavy atom. The van der Waals surface area contributed by atoms with Gasteiger partial charge in [-0.3, -0.25) is 9.59 Å². The molecule has 0 aliphatic rings. The van der Waals surface area contributed by atoms with Gasteiger partial charge in [0.05, 0.1) is 0 Å². The summed E-state index contributed by atoms with van der Waals surface area (Å²) < 4.78 is 0. The number of carbonyl (C=O) groups excluding carboxylic acids is 2. The molecule has 0 spiro atoms. The van der Waals surface area contributed by atoms with Gasteiger partial charge < -0.3 is 16.4 Å². The van der Waals surface area contributed by atoms with E-state index in [1.165, 1.54) is 0 Å². The smallest absolute Gasteiger partial charge is 0.225 e. The molecule has 0 fully saturated rings. The van der Waals surface area contributed by atoms with E-state index in [2.05, 4.69) is 15.8 Å². The molecule has 2 rings (SSSR count). The monoisotopic (exact) mass is 404 g/mol. The van der Waals surface area contributed by atoms with Crippen LogP contribution in [0.15, 0.2) is 53.7 Å². The fourth-order valence-electron chi connectivity index (χ4n) is 2.01. The predicted octanol–water partition coefficient (Wildman–Crippen LogP) is 4.41. The molecule has 0 aromatic heterocycles. The van der Waals surface area contributed by atoms with E-state index in [4.69, 9.17) is 5.73 Å². The molecule has 0 aliphatic heterocycles. The first-order valence-electron chi connectivity index (χ1n) is 8.20. The maximum atomic E-state index is 11.8. The van der Waals surface area contributed by atoms with Crippen molar-refractivity contribution < 1.29 is 9.59 Å². The normalized spacial score (nSPS) is 10.2. The van der Waals surface area contributed by atoms with Crippen LogP contribution in [0.25, 0.3) is 0 Å². The van der Waals surface area contributed by atoms with Gasteiger partial charge in [0.1, 0.15) is 5.69 Å². The van der Waals surface area contributed by atoms with Crippen LogP contribution >= 0.6 is 21.6 Å². The lowest BCUT2D eigenvalue weighted by molar-refractivity contribution is -0.116. The molecule has 0 bridgehead atoms. The Labute approximate surface area is 165 Å². The molecular formula is C18H20N4O3S2. The Balaban J connectivity index is 1.54. The second-order valence-electron chi connectivity index (χ2n) is 5.50. The summed E-state index contributed by atoms with van der Waals surface area (Å²) in [4.78, 5) is 34.0. The van der Waals surface area contributed by atoms with Gasteiger partial charge in [0.25, 0.3) is 0 Å². The highest BCUT2D eigenvalue weighted by atomic mass is 33.1. The standard InChI is InChI=1S/C18H20N4O3S2/c19-13-1-3-14(4-2-13)20-17(23)9-11-26-27-12-10-18(24)21-15-5-7-16(22-25)8-6-15/h1-8H,9-12,19H2,(H,20,23)(H,21,24). The van der Waals surface area contributed by atoms with Crippen molar-refractivity contribution in [3.63, 3.8) is 0 Å². The van der Waals surface area contributed by atoms with Gasteiger partial charge >= 0.3 is 0 Å². The van der Waals surface area contributed by atoms with Crippen molar-refractivity contribution in [2.75, 3.05) is 27.9 Å². The Morgan fingerprint density at radius 3 is 1.70 bits per heavy atom. The third-order valence-electron chi connectivity index (χ3n) is 3.36. The third kappa shape index (κ3) is 8.14. The lowest BCUT2D eigenvalue weighted by Crippen LogP contribution is -2.12. The number of carbonyl (C=O) groups is 2. The lowest BCUT2D eigenvalue weighted by atomic mass is 10.3. The van der Waals surface area contributed by atoms with E-state index in [0.717, 1.165) is 5.69 Å². The first kappa shape index (κ1) is 20.8. The van der Waals surface area contributed by atoms with Gasteiger partial charge in [0.2, 0.25) is 11.8 Å². The van der Waals surface area contributed by atoms with Crippen LogP contribution in [0.5, 0.6) is 0 Å². The van der Waals surface area contributed by atoms with E-state index in [-0.39, 0.29) is 11.8 Å². The summed E-state index contributed by atoms with van der Waals surface area (Å²) in [6.45, 7) is 0. The highest BCUT2D eigenvalue weighted by Gasteiger charge is 2.05. The summed E-state index contributed by atoms with van der Waals surface area (Å²) >= 11 is 0. The maximum absolute atomic E-state index is 11.8. The van der Waals surface area contributed by atoms with Crippen molar-refractivity contribution in [1.29, 1.82) is 0 Å². The van der Waals surface area contributed by atoms with Gasteiger partial charge in [0, 0.05) is 41.4 Å². The molecule has 2 aromatic carbocycles. The summed E-state index contributed by atoms with van der Waals surface area (Å²) in [5.74, 6) is 1.15. The summed E-state index contributed by atoms with van der Waals surface area (Å²) in [6, 6.07) is 13.3. The highest BCUT2D eigenvalue weighted by Crippen LogP contribution is 2.23. The zero-order chi connectivity index (χ0) is 19.5. The topological polar surface area (TPSA) is 114 Å². The average Bonchev–Trinajstić information content (AvgIpc) is 2.67. The van der Waals surface area contributed by atoms with Crippen LogP contribution in [0.2, 0.25) is 0 Å². The third-order valence-corrected chi connectivity index (χ3v) is 5.77. The van der Waals surface area contributed by atoms with Gasteiger partial charge in [0.15, 0.2) is 0 Å². The molecule has 0 unspecified atom stereocenters. The van der Waals surface area contributed by atoms with E-state index in [0.29, 0.717) is 41.4 Å². The molecular weight excluding hydrogens is 384 g/mol. The molecule has 2 aromatic rings. The number of benzene rings is 2. The minimum absolute atomic E-state index is 0.0566. The summed E-state index contributed by atoms with van der Waals surface area (Å²) in [5, 5.41) is 8.37. The van der Waals surface area contributed by atoms with Gasteiger partial charge in [-0.25, -0.2) is 0 Å². The van der Waals surface area contributed by atoms with E-state index in [9.17, 15) is 14.5 Å². The number of anilines is 3. The molecule has 2 amide bonds. The minimum Gasteiger partial charge on any atom is -0.399 e. The number of nitrogens with one attached hydrogen (secondary N) is 2. The van der Waals surface area contributed by atoms with Crippen LogP contribution in [0.3, 0.4) is 0 Å². The highest BCUT2D eigenvalue weighted by molar-refractivity contribution is 8.76. The predicted molar refractivity (Wildman–Crippen MR) is 114 cm³/mol. The summed E-state index contributed by atoms with van der Waals surface area (Å²) in [6.07, 6.45) is 0.758. The van der Waals surface area contributed by atoms with Crippen LogP contribution in [-0.4, -0.2) is 23.3 Å². The molecule has 142 valence electrons. The second-order valence-corrected chi connectivity index (χ2v) is 8.20. The number of nitrogens with two attached hydrogens (primary N) is 1. The molecule has 0 saturated heterocycles. The van der Waals surface area contributed by atoms with Crippen molar-refractivity contribution in [3.05, 3.63) is 53.4 Å². The fourth-order valence-corrected chi connectivity index (χ4v) is 3.99. The number of hydrogen-bond donors (Lipinski definition) is 3. The maximum Gasteiger partial charge on any atom is 0.225 e. The lowest BCUT2D eigenvalue weighted by Gasteiger charge is -2.06. The number of nitrogens with zero attached hydrogens (tertiary/aromatic N) is 1. The number of nitrogen functional groups attached to an aromatic ring is 1. The Bertz CT molecular complexity index is 767.